The summed E-state index contributed by atoms with van der Waals surface area (Å²) in [4.78, 5) is 0.0245. The molecule has 1 heterocycles. The van der Waals surface area contributed by atoms with E-state index in [0.29, 0.717) is 5.56 Å². The van der Waals surface area contributed by atoms with Crippen molar-refractivity contribution in [2.24, 2.45) is 0 Å². The summed E-state index contributed by atoms with van der Waals surface area (Å²) in [5.41, 5.74) is -0.647. The van der Waals surface area contributed by atoms with Crippen LogP contribution in [0, 0.1) is 6.92 Å². The van der Waals surface area contributed by atoms with Crippen LogP contribution < -0.4 is 0 Å². The third-order valence-electron chi connectivity index (χ3n) is 4.51. The van der Waals surface area contributed by atoms with E-state index in [0.717, 1.165) is 9.54 Å². The average Bonchev–Trinajstić information content (AvgIpc) is 2.97. The van der Waals surface area contributed by atoms with Gasteiger partial charge in [0.1, 0.15) is 5.60 Å². The van der Waals surface area contributed by atoms with E-state index in [1.807, 2.05) is 6.92 Å². The first-order valence-corrected chi connectivity index (χ1v) is 8.88. The van der Waals surface area contributed by atoms with Crippen LogP contribution in [0.4, 0.5) is 8.78 Å². The summed E-state index contributed by atoms with van der Waals surface area (Å²) >= 11 is 0. The van der Waals surface area contributed by atoms with Gasteiger partial charge in [-0.25, -0.2) is 21.2 Å². The van der Waals surface area contributed by atoms with Gasteiger partial charge in [0.05, 0.1) is 9.01 Å². The van der Waals surface area contributed by atoms with Crippen molar-refractivity contribution < 1.29 is 26.0 Å². The first-order chi connectivity index (χ1) is 12.4. The Labute approximate surface area is 144 Å². The smallest absolute Gasteiger partial charge is 0.267 e. The minimum absolute atomic E-state index is 0.0245. The molecule has 7 heteroatoms. The number of aromatic nitrogens is 1. The minimum Gasteiger partial charge on any atom is -0.372 e. The zero-order chi connectivity index (χ0) is 20.0. The van der Waals surface area contributed by atoms with Gasteiger partial charge in [-0.15, -0.1) is 0 Å². The molecule has 0 unspecified atom stereocenters. The van der Waals surface area contributed by atoms with Gasteiger partial charge < -0.3 is 4.74 Å². The van der Waals surface area contributed by atoms with Gasteiger partial charge in [0.25, 0.3) is 16.4 Å². The number of aryl methyl sites for hydroxylation is 2. The van der Waals surface area contributed by atoms with Crippen molar-refractivity contribution in [1.29, 1.82) is 0 Å². The molecule has 0 saturated carbocycles. The van der Waals surface area contributed by atoms with Crippen LogP contribution in [-0.2, 0) is 27.6 Å². The Kier molecular flexibility index (Phi) is 3.37. The lowest BCUT2D eigenvalue weighted by Gasteiger charge is -2.35. The number of benzene rings is 1. The van der Waals surface area contributed by atoms with Gasteiger partial charge in [-0.05, 0) is 43.5 Å². The lowest BCUT2D eigenvalue weighted by atomic mass is 9.84. The molecule has 1 aliphatic carbocycles. The second kappa shape index (κ2) is 5.97. The Morgan fingerprint density at radius 1 is 1.29 bits per heavy atom. The second-order valence-corrected chi connectivity index (χ2v) is 7.86. The maximum Gasteiger partial charge on any atom is 0.267 e. The maximum absolute atomic E-state index is 13.8. The Balaban J connectivity index is 2.05. The molecule has 2 aromatic rings. The predicted molar refractivity (Wildman–Crippen MR) is 86.0 cm³/mol. The molecule has 0 fully saturated rings. The van der Waals surface area contributed by atoms with Gasteiger partial charge in [0, 0.05) is 25.3 Å². The lowest BCUT2D eigenvalue weighted by molar-refractivity contribution is -0.128. The fraction of sp³-hybridized carbons (Fsp3) is 0.412. The van der Waals surface area contributed by atoms with Crippen LogP contribution >= 0.6 is 0 Å². The van der Waals surface area contributed by atoms with E-state index in [1.165, 1.54) is 18.3 Å². The number of alkyl halides is 2. The molecule has 1 aromatic carbocycles. The van der Waals surface area contributed by atoms with Gasteiger partial charge in [0.2, 0.25) is 0 Å². The first-order valence-electron chi connectivity index (χ1n) is 8.94. The van der Waals surface area contributed by atoms with Crippen molar-refractivity contribution in [2.45, 2.75) is 43.1 Å². The molecular formula is C17H19F2NO3S. The second-order valence-electron chi connectivity index (χ2n) is 6.05. The molecule has 0 radical (unpaired) electrons. The predicted octanol–water partition coefficient (Wildman–Crippen LogP) is 3.17. The summed E-state index contributed by atoms with van der Waals surface area (Å²) in [5, 5.41) is 0. The Hall–Kier alpha value is -1.73. The van der Waals surface area contributed by atoms with Gasteiger partial charge >= 0.3 is 0 Å². The number of fused-ring (bicyclic) bond motifs is 1. The number of nitrogens with zero attached hydrogens (tertiary/aromatic N) is 1. The molecule has 1 aliphatic rings. The molecule has 0 aliphatic heterocycles. The minimum atomic E-state index is -4.00. The van der Waals surface area contributed by atoms with E-state index >= 15 is 0 Å². The molecule has 3 rings (SSSR count). The number of hydrogen-bond acceptors (Lipinski definition) is 3. The number of rotatable bonds is 4. The molecule has 0 amide bonds. The number of halogens is 2. The molecule has 0 N–H and O–H groups in total. The van der Waals surface area contributed by atoms with E-state index in [4.69, 9.17) is 8.85 Å². The molecule has 4 nitrogen and oxygen atoms in total. The maximum atomic E-state index is 13.8. The molecule has 1 atom stereocenters. The SMILES string of the molecule is [2H]C([2H])([2H])O[C@@]1(C(F)F)CCc2ccn(S(=O)(=O)c3ccc(C)cc3)c2C1. The first kappa shape index (κ1) is 13.5. The van der Waals surface area contributed by atoms with Gasteiger partial charge in [-0.1, -0.05) is 17.7 Å². The van der Waals surface area contributed by atoms with Crippen LogP contribution in [0.2, 0.25) is 0 Å². The van der Waals surface area contributed by atoms with E-state index in [2.05, 4.69) is 0 Å². The highest BCUT2D eigenvalue weighted by Gasteiger charge is 2.45. The third kappa shape index (κ3) is 2.65. The van der Waals surface area contributed by atoms with Crippen molar-refractivity contribution in [3.63, 3.8) is 0 Å². The largest absolute Gasteiger partial charge is 0.372 e. The van der Waals surface area contributed by atoms with Crippen LogP contribution in [0.1, 0.15) is 27.4 Å². The van der Waals surface area contributed by atoms with Crippen molar-refractivity contribution in [3.05, 3.63) is 53.3 Å². The van der Waals surface area contributed by atoms with E-state index < -0.39 is 35.5 Å². The number of ether oxygens (including phenoxy) is 1. The fourth-order valence-corrected chi connectivity index (χ4v) is 4.39. The Bertz CT molecular complexity index is 939. The van der Waals surface area contributed by atoms with Gasteiger partial charge in [0.15, 0.2) is 0 Å². The molecule has 24 heavy (non-hydrogen) atoms. The Morgan fingerprint density at radius 2 is 2.00 bits per heavy atom. The zero-order valence-corrected chi connectivity index (χ0v) is 13.8. The topological polar surface area (TPSA) is 48.3 Å². The summed E-state index contributed by atoms with van der Waals surface area (Å²) < 4.78 is 80.9. The van der Waals surface area contributed by atoms with Crippen molar-refractivity contribution in [2.75, 3.05) is 7.04 Å². The monoisotopic (exact) mass is 358 g/mol. The highest BCUT2D eigenvalue weighted by atomic mass is 32.2. The molecule has 0 bridgehead atoms. The summed E-state index contributed by atoms with van der Waals surface area (Å²) in [5.74, 6) is 0. The summed E-state index contributed by atoms with van der Waals surface area (Å²) in [6, 6.07) is 7.73. The number of methoxy groups -OCH3 is 1. The highest BCUT2D eigenvalue weighted by molar-refractivity contribution is 7.90. The molecule has 1 aromatic heterocycles. The van der Waals surface area contributed by atoms with E-state index in [1.54, 1.807) is 18.2 Å². The summed E-state index contributed by atoms with van der Waals surface area (Å²) in [7, 11) is -7.01. The van der Waals surface area contributed by atoms with E-state index in [-0.39, 0.29) is 23.4 Å². The average molecular weight is 358 g/mol. The number of hydrogen-bond donors (Lipinski definition) is 0. The van der Waals surface area contributed by atoms with Crippen LogP contribution in [0.3, 0.4) is 0 Å². The van der Waals surface area contributed by atoms with Crippen LogP contribution in [0.25, 0.3) is 0 Å². The molecular weight excluding hydrogens is 336 g/mol. The van der Waals surface area contributed by atoms with Crippen molar-refractivity contribution in [1.82, 2.24) is 3.97 Å². The van der Waals surface area contributed by atoms with Gasteiger partial charge in [-0.2, -0.15) is 0 Å². The molecule has 0 spiro atoms. The van der Waals surface area contributed by atoms with Crippen LogP contribution in [0.15, 0.2) is 41.4 Å². The molecule has 0 saturated heterocycles. The van der Waals surface area contributed by atoms with Crippen molar-refractivity contribution >= 4 is 10.0 Å². The van der Waals surface area contributed by atoms with E-state index in [9.17, 15) is 17.2 Å². The Morgan fingerprint density at radius 3 is 2.62 bits per heavy atom. The van der Waals surface area contributed by atoms with Crippen LogP contribution in [-0.4, -0.2) is 31.5 Å². The van der Waals surface area contributed by atoms with Crippen molar-refractivity contribution in [3.8, 4) is 0 Å². The standard InChI is InChI=1S/C17H19F2NO3S/c1-12-3-5-14(6-4-12)24(21,22)20-10-8-13-7-9-17(23-2,16(18)19)11-15(13)20/h3-6,8,10,16H,7,9,11H2,1-2H3/t17-/m0/s1/i2D3. The fourth-order valence-electron chi connectivity index (χ4n) is 2.99. The third-order valence-corrected chi connectivity index (χ3v) is 6.24. The highest BCUT2D eigenvalue weighted by Crippen LogP contribution is 2.37. The lowest BCUT2D eigenvalue weighted by Crippen LogP contribution is -2.45. The van der Waals surface area contributed by atoms with Gasteiger partial charge in [-0.3, -0.25) is 0 Å². The molecule has 130 valence electrons. The normalized spacial score (nSPS) is 23.4. The van der Waals surface area contributed by atoms with Crippen LogP contribution in [0.5, 0.6) is 0 Å². The summed E-state index contributed by atoms with van der Waals surface area (Å²) in [6.07, 6.45) is -2.36. The quantitative estimate of drug-likeness (QED) is 0.843. The summed E-state index contributed by atoms with van der Waals surface area (Å²) in [6.45, 7) is 1.82. The zero-order valence-electron chi connectivity index (χ0n) is 16.0.